The highest BCUT2D eigenvalue weighted by atomic mass is 16.5. The van der Waals surface area contributed by atoms with Gasteiger partial charge in [0, 0.05) is 33.0 Å². The summed E-state index contributed by atoms with van der Waals surface area (Å²) in [5.41, 5.74) is -0.255. The van der Waals surface area contributed by atoms with Crippen molar-refractivity contribution in [2.75, 3.05) is 40.4 Å². The van der Waals surface area contributed by atoms with E-state index in [9.17, 15) is 9.59 Å². The van der Waals surface area contributed by atoms with Gasteiger partial charge < -0.3 is 19.3 Å². The average molecular weight is 298 g/mol. The smallest absolute Gasteiger partial charge is 0.248 e. The van der Waals surface area contributed by atoms with Gasteiger partial charge in [0.05, 0.1) is 19.2 Å². The fourth-order valence-electron chi connectivity index (χ4n) is 2.83. The van der Waals surface area contributed by atoms with Crippen LogP contribution in [0.2, 0.25) is 0 Å². The lowest BCUT2D eigenvalue weighted by molar-refractivity contribution is -0.203. The van der Waals surface area contributed by atoms with E-state index in [1.54, 1.807) is 14.1 Å². The molecule has 0 aromatic rings. The number of carbonyl (C=O) groups excluding carboxylic acids is 2. The van der Waals surface area contributed by atoms with Crippen molar-refractivity contribution in [2.45, 2.75) is 38.4 Å². The predicted molar refractivity (Wildman–Crippen MR) is 77.8 cm³/mol. The molecular weight excluding hydrogens is 272 g/mol. The summed E-state index contributed by atoms with van der Waals surface area (Å²) in [4.78, 5) is 26.8. The van der Waals surface area contributed by atoms with E-state index in [0.29, 0.717) is 19.7 Å². The molecule has 21 heavy (non-hydrogen) atoms. The lowest BCUT2D eigenvalue weighted by atomic mass is 9.84. The van der Waals surface area contributed by atoms with Crippen LogP contribution in [0.25, 0.3) is 0 Å². The fraction of sp³-hybridized carbons (Fsp3) is 0.867. The van der Waals surface area contributed by atoms with Gasteiger partial charge in [-0.1, -0.05) is 13.8 Å². The van der Waals surface area contributed by atoms with Crippen LogP contribution in [0.5, 0.6) is 0 Å². The van der Waals surface area contributed by atoms with Crippen molar-refractivity contribution >= 4 is 11.8 Å². The zero-order valence-corrected chi connectivity index (χ0v) is 13.4. The summed E-state index contributed by atoms with van der Waals surface area (Å²) in [6.45, 7) is 5.85. The Kier molecular flexibility index (Phi) is 4.88. The monoisotopic (exact) mass is 298 g/mol. The summed E-state index contributed by atoms with van der Waals surface area (Å²) in [7, 11) is 3.44. The Morgan fingerprint density at radius 2 is 2.05 bits per heavy atom. The minimum Gasteiger partial charge on any atom is -0.371 e. The second-order valence-electron chi connectivity index (χ2n) is 6.59. The summed E-state index contributed by atoms with van der Waals surface area (Å²) >= 11 is 0. The van der Waals surface area contributed by atoms with Gasteiger partial charge >= 0.3 is 0 Å². The van der Waals surface area contributed by atoms with E-state index in [0.717, 1.165) is 12.8 Å². The first-order chi connectivity index (χ1) is 9.83. The summed E-state index contributed by atoms with van der Waals surface area (Å²) in [6.07, 6.45) is 1.61. The van der Waals surface area contributed by atoms with Gasteiger partial charge in [-0.15, -0.1) is 0 Å². The van der Waals surface area contributed by atoms with Crippen LogP contribution in [0.4, 0.5) is 0 Å². The maximum atomic E-state index is 11.9. The van der Waals surface area contributed by atoms with Crippen molar-refractivity contribution in [1.82, 2.24) is 9.80 Å². The number of likely N-dealkylation sites (N-methyl/N-ethyl adjacent to an activating group) is 1. The van der Waals surface area contributed by atoms with E-state index in [4.69, 9.17) is 9.47 Å². The Bertz CT molecular complexity index is 402. The van der Waals surface area contributed by atoms with Crippen molar-refractivity contribution < 1.29 is 19.1 Å². The van der Waals surface area contributed by atoms with Crippen LogP contribution in [-0.4, -0.2) is 73.7 Å². The number of amides is 2. The topological polar surface area (TPSA) is 59.1 Å². The summed E-state index contributed by atoms with van der Waals surface area (Å²) < 4.78 is 11.6. The molecule has 1 spiro atoms. The lowest BCUT2D eigenvalue weighted by Gasteiger charge is -2.53. The molecule has 2 aliphatic rings. The van der Waals surface area contributed by atoms with Crippen molar-refractivity contribution in [3.63, 3.8) is 0 Å². The molecule has 0 saturated carbocycles. The molecule has 0 bridgehead atoms. The third kappa shape index (κ3) is 3.74. The van der Waals surface area contributed by atoms with Crippen LogP contribution < -0.4 is 0 Å². The molecule has 2 heterocycles. The standard InChI is InChI=1S/C15H26N2O4/c1-11(2)14(19)17-9-15(10-17)7-12(5-6-21-15)20-8-13(18)16(3)4/h11-12H,5-10H2,1-4H3/t12-/m1/s1. The number of ether oxygens (including phenoxy) is 2. The van der Waals surface area contributed by atoms with E-state index in [1.165, 1.54) is 4.90 Å². The number of rotatable bonds is 4. The molecule has 120 valence electrons. The Morgan fingerprint density at radius 1 is 1.38 bits per heavy atom. The number of likely N-dealkylation sites (tertiary alicyclic amines) is 1. The second-order valence-corrected chi connectivity index (χ2v) is 6.59. The van der Waals surface area contributed by atoms with Crippen LogP contribution in [0, 0.1) is 5.92 Å². The minimum absolute atomic E-state index is 0.0238. The van der Waals surface area contributed by atoms with Gasteiger partial charge in [0.15, 0.2) is 0 Å². The summed E-state index contributed by atoms with van der Waals surface area (Å²) in [5.74, 6) is 0.173. The Labute approximate surface area is 126 Å². The Morgan fingerprint density at radius 3 is 2.62 bits per heavy atom. The van der Waals surface area contributed by atoms with Crippen LogP contribution in [0.15, 0.2) is 0 Å². The van der Waals surface area contributed by atoms with Crippen molar-refractivity contribution in [3.05, 3.63) is 0 Å². The highest BCUT2D eigenvalue weighted by Gasteiger charge is 2.49. The van der Waals surface area contributed by atoms with Crippen LogP contribution >= 0.6 is 0 Å². The maximum absolute atomic E-state index is 11.9. The van der Waals surface area contributed by atoms with E-state index >= 15 is 0 Å². The minimum atomic E-state index is -0.255. The number of hydrogen-bond donors (Lipinski definition) is 0. The molecule has 0 aromatic carbocycles. The molecule has 0 aliphatic carbocycles. The first-order valence-corrected chi connectivity index (χ1v) is 7.57. The molecule has 0 radical (unpaired) electrons. The molecule has 2 fully saturated rings. The molecule has 1 atom stereocenters. The van der Waals surface area contributed by atoms with Gasteiger partial charge in [-0.05, 0) is 6.42 Å². The molecule has 2 aliphatic heterocycles. The van der Waals surface area contributed by atoms with Gasteiger partial charge in [0.1, 0.15) is 12.2 Å². The molecule has 0 unspecified atom stereocenters. The average Bonchev–Trinajstić information content (AvgIpc) is 2.41. The zero-order valence-electron chi connectivity index (χ0n) is 13.4. The Hall–Kier alpha value is -1.14. The molecule has 0 N–H and O–H groups in total. The molecule has 2 amide bonds. The van der Waals surface area contributed by atoms with Crippen molar-refractivity contribution in [2.24, 2.45) is 5.92 Å². The third-order valence-corrected chi connectivity index (χ3v) is 4.15. The predicted octanol–water partition coefficient (Wildman–Crippen LogP) is 0.507. The van der Waals surface area contributed by atoms with Crippen molar-refractivity contribution in [3.8, 4) is 0 Å². The third-order valence-electron chi connectivity index (χ3n) is 4.15. The van der Waals surface area contributed by atoms with E-state index in [2.05, 4.69) is 0 Å². The molecule has 2 saturated heterocycles. The number of carbonyl (C=O) groups is 2. The summed E-state index contributed by atoms with van der Waals surface area (Å²) in [6, 6.07) is 0. The van der Waals surface area contributed by atoms with E-state index in [-0.39, 0.29) is 36.0 Å². The zero-order chi connectivity index (χ0) is 15.6. The van der Waals surface area contributed by atoms with Crippen LogP contribution in [-0.2, 0) is 19.1 Å². The number of hydrogen-bond acceptors (Lipinski definition) is 4. The second kappa shape index (κ2) is 6.32. The van der Waals surface area contributed by atoms with Gasteiger partial charge in [-0.2, -0.15) is 0 Å². The summed E-state index contributed by atoms with van der Waals surface area (Å²) in [5, 5.41) is 0. The fourth-order valence-corrected chi connectivity index (χ4v) is 2.83. The van der Waals surface area contributed by atoms with Gasteiger partial charge in [0.25, 0.3) is 0 Å². The maximum Gasteiger partial charge on any atom is 0.248 e. The van der Waals surface area contributed by atoms with Crippen LogP contribution in [0.1, 0.15) is 26.7 Å². The van der Waals surface area contributed by atoms with Gasteiger partial charge in [0.2, 0.25) is 11.8 Å². The highest BCUT2D eigenvalue weighted by molar-refractivity contribution is 5.79. The lowest BCUT2D eigenvalue weighted by Crippen LogP contribution is -2.67. The first kappa shape index (κ1) is 16.2. The molecule has 6 heteroatoms. The van der Waals surface area contributed by atoms with Crippen LogP contribution in [0.3, 0.4) is 0 Å². The first-order valence-electron chi connectivity index (χ1n) is 7.57. The molecule has 6 nitrogen and oxygen atoms in total. The van der Waals surface area contributed by atoms with E-state index < -0.39 is 0 Å². The van der Waals surface area contributed by atoms with Crippen molar-refractivity contribution in [1.29, 1.82) is 0 Å². The molecule has 0 aromatic heterocycles. The largest absolute Gasteiger partial charge is 0.371 e. The number of nitrogens with zero attached hydrogens (tertiary/aromatic N) is 2. The van der Waals surface area contributed by atoms with E-state index in [1.807, 2.05) is 18.7 Å². The van der Waals surface area contributed by atoms with Gasteiger partial charge in [-0.3, -0.25) is 9.59 Å². The molecule has 2 rings (SSSR count). The quantitative estimate of drug-likeness (QED) is 0.759. The SMILES string of the molecule is CC(C)C(=O)N1CC2(C[C@H](OCC(=O)N(C)C)CCO2)C1. The Balaban J connectivity index is 1.80. The highest BCUT2D eigenvalue weighted by Crippen LogP contribution is 2.35. The normalized spacial score (nSPS) is 24.0. The van der Waals surface area contributed by atoms with Gasteiger partial charge in [-0.25, -0.2) is 0 Å². The molecular formula is C15H26N2O4.